The number of carbonyl (C=O) groups excluding carboxylic acids is 1. The normalized spacial score (nSPS) is 27.2. The van der Waals surface area contributed by atoms with Crippen LogP contribution in [0.1, 0.15) is 45.8 Å². The zero-order valence-electron chi connectivity index (χ0n) is 13.3. The van der Waals surface area contributed by atoms with Crippen molar-refractivity contribution in [3.05, 3.63) is 33.5 Å². The first kappa shape index (κ1) is 14.8. The minimum Gasteiger partial charge on any atom is -0.365 e. The molecule has 0 radical (unpaired) electrons. The molecule has 2 aliphatic rings. The Morgan fingerprint density at radius 3 is 3.04 bits per heavy atom. The molecule has 23 heavy (non-hydrogen) atoms. The van der Waals surface area contributed by atoms with Gasteiger partial charge in [0.1, 0.15) is 11.9 Å². The monoisotopic (exact) mass is 332 g/mol. The molecule has 1 unspecified atom stereocenters. The molecule has 4 rings (SSSR count). The van der Waals surface area contributed by atoms with Gasteiger partial charge >= 0.3 is 0 Å². The molecule has 2 aliphatic heterocycles. The largest absolute Gasteiger partial charge is 0.365 e. The third-order valence-electron chi connectivity index (χ3n) is 4.68. The Bertz CT molecular complexity index is 725. The van der Waals surface area contributed by atoms with Gasteiger partial charge in [-0.3, -0.25) is 9.89 Å². The molecule has 2 saturated heterocycles. The molecule has 4 heterocycles. The number of amides is 1. The summed E-state index contributed by atoms with van der Waals surface area (Å²) in [5, 5.41) is 9.12. The van der Waals surface area contributed by atoms with Gasteiger partial charge in [0.15, 0.2) is 5.82 Å². The Hall–Kier alpha value is -1.73. The van der Waals surface area contributed by atoms with E-state index in [2.05, 4.69) is 15.2 Å². The Balaban J connectivity index is 1.44. The first-order chi connectivity index (χ1) is 11.1. The number of aromatic nitrogens is 3. The lowest BCUT2D eigenvalue weighted by Crippen LogP contribution is -2.45. The summed E-state index contributed by atoms with van der Waals surface area (Å²) in [5.74, 6) is 2.17. The second-order valence-corrected chi connectivity index (χ2v) is 7.38. The van der Waals surface area contributed by atoms with Crippen LogP contribution in [0.4, 0.5) is 0 Å². The summed E-state index contributed by atoms with van der Waals surface area (Å²) in [6, 6.07) is 1.97. The van der Waals surface area contributed by atoms with E-state index in [1.807, 2.05) is 30.2 Å². The number of hydrogen-bond acceptors (Lipinski definition) is 5. The lowest BCUT2D eigenvalue weighted by molar-refractivity contribution is -0.00670. The highest BCUT2D eigenvalue weighted by Gasteiger charge is 2.42. The maximum Gasteiger partial charge on any atom is 0.264 e. The average Bonchev–Trinajstić information content (AvgIpc) is 3.24. The van der Waals surface area contributed by atoms with E-state index in [0.717, 1.165) is 41.5 Å². The van der Waals surface area contributed by atoms with Gasteiger partial charge in [-0.25, -0.2) is 4.98 Å². The van der Waals surface area contributed by atoms with E-state index in [1.54, 1.807) is 0 Å². The fourth-order valence-electron chi connectivity index (χ4n) is 3.48. The fraction of sp³-hybridized carbons (Fsp3) is 0.562. The molecule has 1 amide bonds. The average molecular weight is 332 g/mol. The van der Waals surface area contributed by atoms with Crippen molar-refractivity contribution in [2.75, 3.05) is 13.1 Å². The molecule has 1 N–H and O–H groups in total. The highest BCUT2D eigenvalue weighted by Crippen LogP contribution is 2.40. The van der Waals surface area contributed by atoms with Gasteiger partial charge in [0.05, 0.1) is 11.0 Å². The summed E-state index contributed by atoms with van der Waals surface area (Å²) in [6.45, 7) is 5.38. The number of hydrogen-bond donors (Lipinski definition) is 1. The number of rotatable bonds is 2. The van der Waals surface area contributed by atoms with Crippen LogP contribution in [0.15, 0.2) is 11.4 Å². The van der Waals surface area contributed by atoms with Crippen LogP contribution in [-0.4, -0.2) is 45.2 Å². The van der Waals surface area contributed by atoms with Crippen molar-refractivity contribution in [2.45, 2.75) is 38.9 Å². The van der Waals surface area contributed by atoms with Gasteiger partial charge in [-0.15, -0.1) is 11.3 Å². The molecule has 2 aromatic heterocycles. The van der Waals surface area contributed by atoms with Crippen molar-refractivity contribution in [3.63, 3.8) is 0 Å². The van der Waals surface area contributed by atoms with Crippen molar-refractivity contribution in [2.24, 2.45) is 5.92 Å². The highest BCUT2D eigenvalue weighted by molar-refractivity contribution is 7.12. The zero-order chi connectivity index (χ0) is 16.0. The molecule has 7 heteroatoms. The van der Waals surface area contributed by atoms with Crippen molar-refractivity contribution >= 4 is 17.2 Å². The smallest absolute Gasteiger partial charge is 0.264 e. The Labute approximate surface area is 138 Å². The van der Waals surface area contributed by atoms with Crippen LogP contribution in [0.2, 0.25) is 0 Å². The number of thiophene rings is 1. The van der Waals surface area contributed by atoms with Crippen molar-refractivity contribution in [1.29, 1.82) is 0 Å². The summed E-state index contributed by atoms with van der Waals surface area (Å²) in [5.41, 5.74) is 1.14. The molecule has 0 aliphatic carbocycles. The second kappa shape index (κ2) is 5.72. The van der Waals surface area contributed by atoms with Gasteiger partial charge in [0.2, 0.25) is 0 Å². The van der Waals surface area contributed by atoms with E-state index in [-0.39, 0.29) is 18.1 Å². The molecule has 3 atom stereocenters. The number of aryl methyl sites for hydroxylation is 2. The van der Waals surface area contributed by atoms with Crippen molar-refractivity contribution in [1.82, 2.24) is 20.1 Å². The molecule has 6 nitrogen and oxygen atoms in total. The van der Waals surface area contributed by atoms with E-state index in [4.69, 9.17) is 4.74 Å². The van der Waals surface area contributed by atoms with Gasteiger partial charge in [0.25, 0.3) is 5.91 Å². The molecule has 122 valence electrons. The number of aromatic amines is 1. The number of piperidine rings is 1. The van der Waals surface area contributed by atoms with E-state index in [0.29, 0.717) is 12.5 Å². The molecule has 0 saturated carbocycles. The third kappa shape index (κ3) is 2.79. The Morgan fingerprint density at radius 1 is 1.48 bits per heavy atom. The van der Waals surface area contributed by atoms with Gasteiger partial charge < -0.3 is 9.64 Å². The number of nitrogens with zero attached hydrogens (tertiary/aromatic N) is 3. The molecule has 0 spiro atoms. The number of fused-ring (bicyclic) bond motifs is 1. The number of likely N-dealkylation sites (tertiary alicyclic amines) is 1. The lowest BCUT2D eigenvalue weighted by atomic mass is 9.91. The standard InChI is InChI=1S/C16H20N4O2S/c1-9-5-14(23-8-9)16(21)20-4-3-11-6-12(22-13(11)7-20)15-17-10(2)18-19-15/h5,8,11-13H,3-4,6-7H2,1-2H3,(H,17,18,19)/t11?,12-,13-/m1/s1. The Morgan fingerprint density at radius 2 is 2.35 bits per heavy atom. The van der Waals surface area contributed by atoms with Crippen molar-refractivity contribution < 1.29 is 9.53 Å². The summed E-state index contributed by atoms with van der Waals surface area (Å²) < 4.78 is 6.15. The van der Waals surface area contributed by atoms with Crippen molar-refractivity contribution in [3.8, 4) is 0 Å². The molecular formula is C16H20N4O2S. The summed E-state index contributed by atoms with van der Waals surface area (Å²) >= 11 is 1.52. The van der Waals surface area contributed by atoms with Gasteiger partial charge in [-0.2, -0.15) is 5.10 Å². The number of H-pyrrole nitrogens is 1. The van der Waals surface area contributed by atoms with Crippen LogP contribution in [-0.2, 0) is 4.74 Å². The van der Waals surface area contributed by atoms with E-state index >= 15 is 0 Å². The van der Waals surface area contributed by atoms with E-state index < -0.39 is 0 Å². The van der Waals surface area contributed by atoms with Gasteiger partial charge in [-0.05, 0) is 49.6 Å². The van der Waals surface area contributed by atoms with Crippen LogP contribution in [0.5, 0.6) is 0 Å². The minimum atomic E-state index is -0.0472. The maximum atomic E-state index is 12.6. The summed E-state index contributed by atoms with van der Waals surface area (Å²) in [4.78, 5) is 19.7. The topological polar surface area (TPSA) is 71.1 Å². The van der Waals surface area contributed by atoms with Gasteiger partial charge in [-0.1, -0.05) is 0 Å². The van der Waals surface area contributed by atoms with Crippen LogP contribution in [0, 0.1) is 19.8 Å². The summed E-state index contributed by atoms with van der Waals surface area (Å²) in [6.07, 6.45) is 1.98. The molecule has 0 aromatic carbocycles. The quantitative estimate of drug-likeness (QED) is 0.917. The van der Waals surface area contributed by atoms with Gasteiger partial charge in [0, 0.05) is 13.1 Å². The zero-order valence-corrected chi connectivity index (χ0v) is 14.1. The lowest BCUT2D eigenvalue weighted by Gasteiger charge is -2.33. The molecule has 2 aromatic rings. The van der Waals surface area contributed by atoms with Crippen LogP contribution < -0.4 is 0 Å². The van der Waals surface area contributed by atoms with E-state index in [1.165, 1.54) is 11.3 Å². The number of nitrogens with one attached hydrogen (secondary N) is 1. The predicted octanol–water partition coefficient (Wildman–Crippen LogP) is 2.48. The van der Waals surface area contributed by atoms with E-state index in [9.17, 15) is 4.79 Å². The summed E-state index contributed by atoms with van der Waals surface area (Å²) in [7, 11) is 0. The Kier molecular flexibility index (Phi) is 3.69. The maximum absolute atomic E-state index is 12.6. The predicted molar refractivity (Wildman–Crippen MR) is 86.4 cm³/mol. The first-order valence-corrected chi connectivity index (χ1v) is 8.87. The number of ether oxygens (including phenoxy) is 1. The van der Waals surface area contributed by atoms with Crippen LogP contribution >= 0.6 is 11.3 Å². The minimum absolute atomic E-state index is 0.0472. The van der Waals surface area contributed by atoms with Crippen LogP contribution in [0.3, 0.4) is 0 Å². The first-order valence-electron chi connectivity index (χ1n) is 7.99. The third-order valence-corrected chi connectivity index (χ3v) is 5.72. The SMILES string of the molecule is Cc1csc(C(=O)N2CCC3C[C@H](c4n[nH]c(C)n4)O[C@@H]3C2)c1. The molecular weight excluding hydrogens is 312 g/mol. The molecule has 2 fully saturated rings. The fourth-order valence-corrected chi connectivity index (χ4v) is 4.35. The second-order valence-electron chi connectivity index (χ2n) is 6.47. The highest BCUT2D eigenvalue weighted by atomic mass is 32.1. The van der Waals surface area contributed by atoms with Crippen LogP contribution in [0.25, 0.3) is 0 Å². The number of carbonyl (C=O) groups is 1. The molecule has 0 bridgehead atoms.